The Morgan fingerprint density at radius 1 is 1.75 bits per heavy atom. The van der Waals surface area contributed by atoms with Crippen LogP contribution in [0.3, 0.4) is 0 Å². The fraction of sp³-hybridized carbons (Fsp3) is 0.429. The Kier molecular flexibility index (Phi) is 2.86. The lowest BCUT2D eigenvalue weighted by molar-refractivity contribution is -0.140. The molecule has 0 fully saturated rings. The van der Waals surface area contributed by atoms with Crippen molar-refractivity contribution < 1.29 is 14.1 Å². The summed E-state index contributed by atoms with van der Waals surface area (Å²) in [6.45, 7) is 1.79. The van der Waals surface area contributed by atoms with Gasteiger partial charge >= 0.3 is 5.97 Å². The van der Waals surface area contributed by atoms with E-state index in [4.69, 9.17) is 4.52 Å². The van der Waals surface area contributed by atoms with Crippen LogP contribution >= 0.6 is 15.9 Å². The van der Waals surface area contributed by atoms with Crippen LogP contribution < -0.4 is 0 Å². The second kappa shape index (κ2) is 3.71. The van der Waals surface area contributed by atoms with Gasteiger partial charge in [0.05, 0.1) is 17.3 Å². The first-order chi connectivity index (χ1) is 5.65. The monoisotopic (exact) mass is 233 g/mol. The minimum Gasteiger partial charge on any atom is -0.469 e. The fourth-order valence-electron chi connectivity index (χ4n) is 0.719. The van der Waals surface area contributed by atoms with Gasteiger partial charge in [0.15, 0.2) is 5.76 Å². The molecule has 0 radical (unpaired) electrons. The Morgan fingerprint density at radius 2 is 2.42 bits per heavy atom. The lowest BCUT2D eigenvalue weighted by Gasteiger charge is -1.94. The molecular weight excluding hydrogens is 226 g/mol. The summed E-state index contributed by atoms with van der Waals surface area (Å²) in [6, 6.07) is 0. The number of esters is 1. The van der Waals surface area contributed by atoms with Crippen LogP contribution in [0.1, 0.15) is 11.5 Å². The largest absolute Gasteiger partial charge is 0.469 e. The maximum absolute atomic E-state index is 10.8. The number of ether oxygens (including phenoxy) is 1. The summed E-state index contributed by atoms with van der Waals surface area (Å²) in [6.07, 6.45) is 0.109. The van der Waals surface area contributed by atoms with Crippen LogP contribution in [-0.2, 0) is 16.0 Å². The van der Waals surface area contributed by atoms with Crippen LogP contribution in [0.15, 0.2) is 9.00 Å². The SMILES string of the molecule is COC(=O)Cc1onc(C)c1Br. The molecule has 1 aromatic heterocycles. The lowest BCUT2D eigenvalue weighted by atomic mass is 10.3. The molecule has 0 aliphatic carbocycles. The van der Waals surface area contributed by atoms with Gasteiger partial charge < -0.3 is 9.26 Å². The van der Waals surface area contributed by atoms with E-state index in [1.54, 1.807) is 6.92 Å². The third-order valence-electron chi connectivity index (χ3n) is 1.39. The second-order valence-electron chi connectivity index (χ2n) is 2.26. The molecule has 0 spiro atoms. The van der Waals surface area contributed by atoms with Gasteiger partial charge in [-0.15, -0.1) is 0 Å². The summed E-state index contributed by atoms with van der Waals surface area (Å²) >= 11 is 3.24. The van der Waals surface area contributed by atoms with Crippen LogP contribution in [0.4, 0.5) is 0 Å². The maximum Gasteiger partial charge on any atom is 0.313 e. The number of carbonyl (C=O) groups excluding carboxylic acids is 1. The molecule has 0 aliphatic heterocycles. The summed E-state index contributed by atoms with van der Waals surface area (Å²) in [7, 11) is 1.33. The van der Waals surface area contributed by atoms with Crippen LogP contribution in [-0.4, -0.2) is 18.2 Å². The van der Waals surface area contributed by atoms with Crippen LogP contribution in [0.5, 0.6) is 0 Å². The first kappa shape index (κ1) is 9.25. The van der Waals surface area contributed by atoms with Crippen molar-refractivity contribution in [1.29, 1.82) is 0 Å². The summed E-state index contributed by atoms with van der Waals surface area (Å²) < 4.78 is 10.1. The van der Waals surface area contributed by atoms with E-state index < -0.39 is 0 Å². The molecule has 0 amide bonds. The molecule has 0 saturated carbocycles. The van der Waals surface area contributed by atoms with E-state index in [1.807, 2.05) is 0 Å². The summed E-state index contributed by atoms with van der Waals surface area (Å²) in [5.41, 5.74) is 0.730. The van der Waals surface area contributed by atoms with Gasteiger partial charge in [-0.3, -0.25) is 4.79 Å². The van der Waals surface area contributed by atoms with E-state index in [0.29, 0.717) is 5.76 Å². The molecule has 12 heavy (non-hydrogen) atoms. The van der Waals surface area contributed by atoms with E-state index in [2.05, 4.69) is 25.8 Å². The van der Waals surface area contributed by atoms with Gasteiger partial charge in [0.2, 0.25) is 0 Å². The number of aromatic nitrogens is 1. The average Bonchev–Trinajstić information content (AvgIpc) is 2.36. The number of hydrogen-bond donors (Lipinski definition) is 0. The molecule has 5 heteroatoms. The number of methoxy groups -OCH3 is 1. The van der Waals surface area contributed by atoms with E-state index in [1.165, 1.54) is 7.11 Å². The zero-order valence-electron chi connectivity index (χ0n) is 6.76. The van der Waals surface area contributed by atoms with Crippen LogP contribution in [0, 0.1) is 6.92 Å². The summed E-state index contributed by atoms with van der Waals surface area (Å²) in [5.74, 6) is 0.159. The fourth-order valence-corrected chi connectivity index (χ4v) is 1.00. The number of nitrogens with zero attached hydrogens (tertiary/aromatic N) is 1. The molecule has 1 aromatic rings. The molecule has 0 aliphatic rings. The first-order valence-electron chi connectivity index (χ1n) is 3.32. The maximum atomic E-state index is 10.8. The highest BCUT2D eigenvalue weighted by Crippen LogP contribution is 2.20. The molecule has 1 rings (SSSR count). The standard InChI is InChI=1S/C7H8BrNO3/c1-4-7(8)5(12-9-4)3-6(10)11-2/h3H2,1-2H3. The van der Waals surface area contributed by atoms with Crippen molar-refractivity contribution in [2.75, 3.05) is 7.11 Å². The van der Waals surface area contributed by atoms with Gasteiger partial charge in [0.25, 0.3) is 0 Å². The predicted octanol–water partition coefficient (Wildman–Crippen LogP) is 1.46. The second-order valence-corrected chi connectivity index (χ2v) is 3.05. The minimum absolute atomic E-state index is 0.109. The normalized spacial score (nSPS) is 9.92. The molecule has 0 saturated heterocycles. The average molecular weight is 234 g/mol. The van der Waals surface area contributed by atoms with Gasteiger partial charge in [0.1, 0.15) is 6.42 Å². The Bertz CT molecular complexity index is 295. The van der Waals surface area contributed by atoms with Crippen molar-refractivity contribution in [3.05, 3.63) is 15.9 Å². The van der Waals surface area contributed by atoms with Crippen LogP contribution in [0.2, 0.25) is 0 Å². The first-order valence-corrected chi connectivity index (χ1v) is 4.12. The van der Waals surface area contributed by atoms with E-state index in [9.17, 15) is 4.79 Å². The van der Waals surface area contributed by atoms with Crippen molar-refractivity contribution >= 4 is 21.9 Å². The number of rotatable bonds is 2. The van der Waals surface area contributed by atoms with Crippen molar-refractivity contribution in [2.45, 2.75) is 13.3 Å². The Hall–Kier alpha value is -0.840. The zero-order valence-corrected chi connectivity index (χ0v) is 8.34. The van der Waals surface area contributed by atoms with E-state index in [0.717, 1.165) is 10.2 Å². The number of carbonyl (C=O) groups is 1. The van der Waals surface area contributed by atoms with Crippen molar-refractivity contribution in [1.82, 2.24) is 5.16 Å². The molecule has 0 atom stereocenters. The highest BCUT2D eigenvalue weighted by Gasteiger charge is 2.13. The topological polar surface area (TPSA) is 52.3 Å². The van der Waals surface area contributed by atoms with Gasteiger partial charge in [0, 0.05) is 0 Å². The van der Waals surface area contributed by atoms with Crippen LogP contribution in [0.25, 0.3) is 0 Å². The van der Waals surface area contributed by atoms with Crippen molar-refractivity contribution in [2.24, 2.45) is 0 Å². The van der Waals surface area contributed by atoms with Crippen molar-refractivity contribution in [3.63, 3.8) is 0 Å². The Labute approximate surface area is 78.0 Å². The third-order valence-corrected chi connectivity index (χ3v) is 2.40. The molecule has 0 N–H and O–H groups in total. The highest BCUT2D eigenvalue weighted by atomic mass is 79.9. The Balaban J connectivity index is 2.76. The smallest absolute Gasteiger partial charge is 0.313 e. The van der Waals surface area contributed by atoms with Gasteiger partial charge in [-0.05, 0) is 22.9 Å². The summed E-state index contributed by atoms with van der Waals surface area (Å²) in [4.78, 5) is 10.8. The zero-order chi connectivity index (χ0) is 9.14. The quantitative estimate of drug-likeness (QED) is 0.727. The third kappa shape index (κ3) is 1.85. The molecule has 0 unspecified atom stereocenters. The molecule has 0 bridgehead atoms. The molecule has 0 aromatic carbocycles. The molecular formula is C7H8BrNO3. The molecule has 1 heterocycles. The number of halogens is 1. The molecule has 4 nitrogen and oxygen atoms in total. The van der Waals surface area contributed by atoms with Gasteiger partial charge in [-0.1, -0.05) is 5.16 Å². The number of aryl methyl sites for hydroxylation is 1. The highest BCUT2D eigenvalue weighted by molar-refractivity contribution is 9.10. The summed E-state index contributed by atoms with van der Waals surface area (Å²) in [5, 5.41) is 3.67. The Morgan fingerprint density at radius 3 is 2.83 bits per heavy atom. The predicted molar refractivity (Wildman–Crippen MR) is 44.7 cm³/mol. The minimum atomic E-state index is -0.341. The van der Waals surface area contributed by atoms with E-state index >= 15 is 0 Å². The molecule has 66 valence electrons. The lowest BCUT2D eigenvalue weighted by Crippen LogP contribution is -2.03. The van der Waals surface area contributed by atoms with Gasteiger partial charge in [-0.25, -0.2) is 0 Å². The van der Waals surface area contributed by atoms with E-state index in [-0.39, 0.29) is 12.4 Å². The van der Waals surface area contributed by atoms with Gasteiger partial charge in [-0.2, -0.15) is 0 Å². The number of hydrogen-bond acceptors (Lipinski definition) is 4. The van der Waals surface area contributed by atoms with Crippen molar-refractivity contribution in [3.8, 4) is 0 Å².